The van der Waals surface area contributed by atoms with Gasteiger partial charge in [-0.05, 0) is 34.1 Å². The first-order valence-electron chi connectivity index (χ1n) is 5.82. The van der Waals surface area contributed by atoms with Crippen LogP contribution in [0.5, 0.6) is 0 Å². The van der Waals surface area contributed by atoms with Crippen molar-refractivity contribution in [2.45, 2.75) is 13.0 Å². The molecular formula is C14H10BrN3S. The lowest BCUT2D eigenvalue weighted by molar-refractivity contribution is 0.779. The fourth-order valence-electron chi connectivity index (χ4n) is 2.10. The molecule has 0 unspecified atom stereocenters. The zero-order valence-electron chi connectivity index (χ0n) is 10.0. The third-order valence-corrected chi connectivity index (χ3v) is 4.59. The maximum Gasteiger partial charge on any atom is 0.124 e. The van der Waals surface area contributed by atoms with E-state index in [0.717, 1.165) is 27.9 Å². The van der Waals surface area contributed by atoms with E-state index >= 15 is 0 Å². The van der Waals surface area contributed by atoms with Crippen molar-refractivity contribution >= 4 is 38.3 Å². The summed E-state index contributed by atoms with van der Waals surface area (Å²) in [5.74, 6) is 0.827. The third-order valence-electron chi connectivity index (χ3n) is 2.91. The number of para-hydroxylation sites is 2. The van der Waals surface area contributed by atoms with Crippen molar-refractivity contribution in [3.05, 3.63) is 50.9 Å². The lowest BCUT2D eigenvalue weighted by Gasteiger charge is -2.05. The Morgan fingerprint density at radius 3 is 2.95 bits per heavy atom. The van der Waals surface area contributed by atoms with Gasteiger partial charge >= 0.3 is 0 Å². The molecule has 0 saturated carbocycles. The van der Waals surface area contributed by atoms with Gasteiger partial charge in [-0.1, -0.05) is 12.1 Å². The second-order valence-corrected chi connectivity index (χ2v) is 6.08. The molecule has 1 aromatic carbocycles. The van der Waals surface area contributed by atoms with E-state index in [1.54, 1.807) is 11.3 Å². The largest absolute Gasteiger partial charge is 0.322 e. The van der Waals surface area contributed by atoms with Crippen LogP contribution in [0.25, 0.3) is 11.0 Å². The first kappa shape index (κ1) is 12.4. The number of halogens is 1. The van der Waals surface area contributed by atoms with Gasteiger partial charge in [-0.25, -0.2) is 4.98 Å². The van der Waals surface area contributed by atoms with Gasteiger partial charge in [0.05, 0.1) is 30.1 Å². The molecule has 0 N–H and O–H groups in total. The van der Waals surface area contributed by atoms with Gasteiger partial charge in [-0.15, -0.1) is 11.3 Å². The van der Waals surface area contributed by atoms with Crippen LogP contribution in [0.1, 0.15) is 10.7 Å². The summed E-state index contributed by atoms with van der Waals surface area (Å²) >= 11 is 5.17. The zero-order chi connectivity index (χ0) is 13.2. The molecule has 0 bridgehead atoms. The Morgan fingerprint density at radius 2 is 2.21 bits per heavy atom. The van der Waals surface area contributed by atoms with Crippen LogP contribution in [-0.2, 0) is 13.0 Å². The topological polar surface area (TPSA) is 41.6 Å². The summed E-state index contributed by atoms with van der Waals surface area (Å²) in [5, 5.41) is 11.0. The highest BCUT2D eigenvalue weighted by Crippen LogP contribution is 2.24. The van der Waals surface area contributed by atoms with Crippen LogP contribution < -0.4 is 0 Å². The minimum absolute atomic E-state index is 0.335. The molecule has 2 heterocycles. The summed E-state index contributed by atoms with van der Waals surface area (Å²) in [6, 6.07) is 12.3. The first-order valence-corrected chi connectivity index (χ1v) is 7.49. The Kier molecular flexibility index (Phi) is 3.36. The summed E-state index contributed by atoms with van der Waals surface area (Å²) in [5.41, 5.74) is 2.03. The molecule has 0 radical (unpaired) electrons. The van der Waals surface area contributed by atoms with Gasteiger partial charge in [0.25, 0.3) is 0 Å². The molecule has 0 aliphatic carbocycles. The fraction of sp³-hybridized carbons (Fsp3) is 0.143. The minimum Gasteiger partial charge on any atom is -0.322 e. The average molecular weight is 332 g/mol. The van der Waals surface area contributed by atoms with Crippen LogP contribution in [0, 0.1) is 11.3 Å². The number of imidazole rings is 1. The number of fused-ring (bicyclic) bond motifs is 1. The van der Waals surface area contributed by atoms with Gasteiger partial charge in [-0.2, -0.15) is 5.26 Å². The third kappa shape index (κ3) is 2.42. The van der Waals surface area contributed by atoms with Crippen molar-refractivity contribution in [1.82, 2.24) is 9.55 Å². The number of aromatic nitrogens is 2. The van der Waals surface area contributed by atoms with Crippen molar-refractivity contribution < 1.29 is 0 Å². The van der Waals surface area contributed by atoms with Gasteiger partial charge < -0.3 is 4.57 Å². The number of rotatable bonds is 3. The molecule has 94 valence electrons. The average Bonchev–Trinajstić information content (AvgIpc) is 2.96. The number of thiophene rings is 1. The molecule has 2 aromatic heterocycles. The van der Waals surface area contributed by atoms with E-state index < -0.39 is 0 Å². The summed E-state index contributed by atoms with van der Waals surface area (Å²) in [4.78, 5) is 5.78. The molecular weight excluding hydrogens is 322 g/mol. The predicted octanol–water partition coefficient (Wildman–Crippen LogP) is 3.97. The molecule has 19 heavy (non-hydrogen) atoms. The van der Waals surface area contributed by atoms with Crippen LogP contribution in [0.3, 0.4) is 0 Å². The summed E-state index contributed by atoms with van der Waals surface area (Å²) < 4.78 is 3.22. The standard InChI is InChI=1S/C14H10BrN3S/c15-10-7-11(19-9-10)8-18-13-4-2-1-3-12(13)17-14(18)5-6-16/h1-4,7,9H,5,8H2. The van der Waals surface area contributed by atoms with Gasteiger partial charge in [-0.3, -0.25) is 0 Å². The smallest absolute Gasteiger partial charge is 0.124 e. The first-order chi connectivity index (χ1) is 9.28. The molecule has 3 aromatic rings. The lowest BCUT2D eigenvalue weighted by atomic mass is 10.3. The molecule has 0 aliphatic heterocycles. The lowest BCUT2D eigenvalue weighted by Crippen LogP contribution is -2.03. The number of benzene rings is 1. The predicted molar refractivity (Wildman–Crippen MR) is 80.2 cm³/mol. The maximum absolute atomic E-state index is 8.93. The van der Waals surface area contributed by atoms with Crippen LogP contribution in [0.2, 0.25) is 0 Å². The highest BCUT2D eigenvalue weighted by Gasteiger charge is 2.11. The van der Waals surface area contributed by atoms with Crippen molar-refractivity contribution in [3.63, 3.8) is 0 Å². The molecule has 5 heteroatoms. The van der Waals surface area contributed by atoms with Crippen molar-refractivity contribution in [3.8, 4) is 6.07 Å². The Labute approximate surface area is 123 Å². The van der Waals surface area contributed by atoms with Gasteiger partial charge in [0.15, 0.2) is 0 Å². The Balaban J connectivity index is 2.09. The summed E-state index contributed by atoms with van der Waals surface area (Å²) in [7, 11) is 0. The summed E-state index contributed by atoms with van der Waals surface area (Å²) in [6.45, 7) is 0.758. The molecule has 0 atom stereocenters. The molecule has 3 nitrogen and oxygen atoms in total. The van der Waals surface area contributed by atoms with Gasteiger partial charge in [0, 0.05) is 14.7 Å². The SMILES string of the molecule is N#CCc1nc2ccccc2n1Cc1cc(Br)cs1. The highest BCUT2D eigenvalue weighted by atomic mass is 79.9. The fourth-order valence-corrected chi connectivity index (χ4v) is 3.54. The second-order valence-electron chi connectivity index (χ2n) is 4.17. The van der Waals surface area contributed by atoms with E-state index in [4.69, 9.17) is 5.26 Å². The molecule has 0 amide bonds. The van der Waals surface area contributed by atoms with Crippen LogP contribution >= 0.6 is 27.3 Å². The Hall–Kier alpha value is -1.64. The molecule has 3 rings (SSSR count). The Bertz CT molecular complexity index is 766. The number of hydrogen-bond donors (Lipinski definition) is 0. The van der Waals surface area contributed by atoms with Crippen molar-refractivity contribution in [2.75, 3.05) is 0 Å². The molecule has 0 fully saturated rings. The Morgan fingerprint density at radius 1 is 1.37 bits per heavy atom. The monoisotopic (exact) mass is 331 g/mol. The normalized spacial score (nSPS) is 10.7. The van der Waals surface area contributed by atoms with E-state index in [0.29, 0.717) is 6.42 Å². The molecule has 0 aliphatic rings. The van der Waals surface area contributed by atoms with E-state index in [9.17, 15) is 0 Å². The van der Waals surface area contributed by atoms with E-state index in [2.05, 4.69) is 43.0 Å². The summed E-state index contributed by atoms with van der Waals surface area (Å²) in [6.07, 6.45) is 0.335. The number of nitriles is 1. The van der Waals surface area contributed by atoms with Gasteiger partial charge in [0.1, 0.15) is 5.82 Å². The maximum atomic E-state index is 8.93. The molecule has 0 spiro atoms. The zero-order valence-corrected chi connectivity index (χ0v) is 12.4. The van der Waals surface area contributed by atoms with Gasteiger partial charge in [0.2, 0.25) is 0 Å². The van der Waals surface area contributed by atoms with E-state index in [1.807, 2.05) is 24.3 Å². The van der Waals surface area contributed by atoms with Crippen LogP contribution in [0.15, 0.2) is 40.2 Å². The minimum atomic E-state index is 0.335. The quantitative estimate of drug-likeness (QED) is 0.728. The number of nitrogens with zero attached hydrogens (tertiary/aromatic N) is 3. The highest BCUT2D eigenvalue weighted by molar-refractivity contribution is 9.10. The van der Waals surface area contributed by atoms with Crippen LogP contribution in [0.4, 0.5) is 0 Å². The van der Waals surface area contributed by atoms with E-state index in [1.165, 1.54) is 4.88 Å². The van der Waals surface area contributed by atoms with Crippen LogP contribution in [-0.4, -0.2) is 9.55 Å². The van der Waals surface area contributed by atoms with Crippen molar-refractivity contribution in [1.29, 1.82) is 5.26 Å². The van der Waals surface area contributed by atoms with E-state index in [-0.39, 0.29) is 0 Å². The number of hydrogen-bond acceptors (Lipinski definition) is 3. The second kappa shape index (κ2) is 5.16. The molecule has 0 saturated heterocycles. The van der Waals surface area contributed by atoms with Crippen molar-refractivity contribution in [2.24, 2.45) is 0 Å².